The largest absolute Gasteiger partial charge is 0.355 e. The van der Waals surface area contributed by atoms with Gasteiger partial charge in [-0.1, -0.05) is 49.3 Å². The smallest absolute Gasteiger partial charge is 0.230 e. The van der Waals surface area contributed by atoms with Crippen molar-refractivity contribution in [3.8, 4) is 11.4 Å². The van der Waals surface area contributed by atoms with Crippen molar-refractivity contribution in [2.24, 2.45) is 13.0 Å². The van der Waals surface area contributed by atoms with Crippen LogP contribution in [0.2, 0.25) is 5.02 Å². The number of hydrogen-bond acceptors (Lipinski definition) is 4. The highest BCUT2D eigenvalue weighted by Crippen LogP contribution is 2.28. The number of carbonyl (C=O) groups is 1. The van der Waals surface area contributed by atoms with Gasteiger partial charge in [-0.15, -0.1) is 10.2 Å². The highest BCUT2D eigenvalue weighted by molar-refractivity contribution is 7.99. The number of carbonyl (C=O) groups excluding carboxylic acids is 1. The number of nitrogens with one attached hydrogen (secondary N) is 1. The molecule has 0 atom stereocenters. The predicted octanol–water partition coefficient (Wildman–Crippen LogP) is 3.39. The van der Waals surface area contributed by atoms with Crippen LogP contribution in [-0.4, -0.2) is 33.0 Å². The van der Waals surface area contributed by atoms with Gasteiger partial charge in [0.1, 0.15) is 0 Å². The second-order valence-corrected chi connectivity index (χ2v) is 7.02. The summed E-state index contributed by atoms with van der Waals surface area (Å²) in [5.74, 6) is 1.61. The van der Waals surface area contributed by atoms with Gasteiger partial charge < -0.3 is 9.88 Å². The van der Waals surface area contributed by atoms with Crippen LogP contribution in [0.15, 0.2) is 29.4 Å². The summed E-state index contributed by atoms with van der Waals surface area (Å²) in [6.45, 7) is 4.98. The maximum absolute atomic E-state index is 11.8. The first-order chi connectivity index (χ1) is 11.0. The fourth-order valence-electron chi connectivity index (χ4n) is 2.00. The van der Waals surface area contributed by atoms with E-state index >= 15 is 0 Å². The second kappa shape index (κ2) is 8.36. The van der Waals surface area contributed by atoms with Crippen molar-refractivity contribution < 1.29 is 4.79 Å². The molecule has 0 bridgehead atoms. The Balaban J connectivity index is 1.95. The minimum Gasteiger partial charge on any atom is -0.355 e. The average Bonchev–Trinajstić information content (AvgIpc) is 2.86. The van der Waals surface area contributed by atoms with E-state index in [1.165, 1.54) is 11.8 Å². The Bertz CT molecular complexity index is 672. The molecule has 1 N–H and O–H groups in total. The number of aromatic nitrogens is 3. The fraction of sp³-hybridized carbons (Fsp3) is 0.438. The number of amides is 1. The molecule has 7 heteroatoms. The molecule has 1 aromatic heterocycles. The Kier molecular flexibility index (Phi) is 6.47. The third-order valence-electron chi connectivity index (χ3n) is 3.33. The maximum atomic E-state index is 11.8. The molecular formula is C16H21ClN4OS. The van der Waals surface area contributed by atoms with Crippen LogP contribution in [0.3, 0.4) is 0 Å². The molecule has 1 heterocycles. The summed E-state index contributed by atoms with van der Waals surface area (Å²) in [5.41, 5.74) is 0.831. The van der Waals surface area contributed by atoms with E-state index in [0.717, 1.165) is 12.0 Å². The van der Waals surface area contributed by atoms with E-state index in [1.807, 2.05) is 35.9 Å². The van der Waals surface area contributed by atoms with Crippen LogP contribution in [0.4, 0.5) is 0 Å². The van der Waals surface area contributed by atoms with Crippen LogP contribution in [0.5, 0.6) is 0 Å². The van der Waals surface area contributed by atoms with E-state index in [4.69, 9.17) is 11.6 Å². The van der Waals surface area contributed by atoms with Crippen LogP contribution in [-0.2, 0) is 11.8 Å². The van der Waals surface area contributed by atoms with E-state index in [2.05, 4.69) is 29.4 Å². The quantitative estimate of drug-likeness (QED) is 0.776. The molecule has 0 fully saturated rings. The van der Waals surface area contributed by atoms with E-state index in [0.29, 0.717) is 34.2 Å². The molecule has 5 nitrogen and oxygen atoms in total. The number of benzene rings is 1. The summed E-state index contributed by atoms with van der Waals surface area (Å²) in [4.78, 5) is 11.8. The first kappa shape index (κ1) is 17.8. The maximum Gasteiger partial charge on any atom is 0.230 e. The van der Waals surface area contributed by atoms with Gasteiger partial charge >= 0.3 is 0 Å². The zero-order valence-electron chi connectivity index (χ0n) is 13.5. The van der Waals surface area contributed by atoms with E-state index in [-0.39, 0.29) is 5.91 Å². The van der Waals surface area contributed by atoms with Crippen LogP contribution < -0.4 is 5.32 Å². The second-order valence-electron chi connectivity index (χ2n) is 5.67. The summed E-state index contributed by atoms with van der Waals surface area (Å²) in [6, 6.07) is 7.50. The zero-order valence-corrected chi connectivity index (χ0v) is 15.1. The minimum absolute atomic E-state index is 0.0120. The van der Waals surface area contributed by atoms with E-state index in [9.17, 15) is 4.79 Å². The van der Waals surface area contributed by atoms with Crippen LogP contribution in [0, 0.1) is 5.92 Å². The highest BCUT2D eigenvalue weighted by Gasteiger charge is 2.14. The summed E-state index contributed by atoms with van der Waals surface area (Å²) < 4.78 is 1.85. The lowest BCUT2D eigenvalue weighted by Crippen LogP contribution is -2.27. The van der Waals surface area contributed by atoms with Crippen molar-refractivity contribution in [2.75, 3.05) is 12.3 Å². The first-order valence-corrected chi connectivity index (χ1v) is 8.89. The molecule has 0 aliphatic heterocycles. The number of hydrogen-bond donors (Lipinski definition) is 1. The SMILES string of the molecule is CC(C)CCNC(=O)CSc1nnc(-c2ccccc2Cl)n1C. The van der Waals surface area contributed by atoms with Gasteiger partial charge in [-0.05, 0) is 24.5 Å². The van der Waals surface area contributed by atoms with Gasteiger partial charge in [0, 0.05) is 19.2 Å². The van der Waals surface area contributed by atoms with Crippen LogP contribution in [0.1, 0.15) is 20.3 Å². The Labute approximate surface area is 145 Å². The highest BCUT2D eigenvalue weighted by atomic mass is 35.5. The predicted molar refractivity (Wildman–Crippen MR) is 94.6 cm³/mol. The van der Waals surface area contributed by atoms with Gasteiger partial charge in [0.05, 0.1) is 10.8 Å². The van der Waals surface area contributed by atoms with Crippen molar-refractivity contribution in [1.82, 2.24) is 20.1 Å². The van der Waals surface area contributed by atoms with Gasteiger partial charge in [0.25, 0.3) is 0 Å². The van der Waals surface area contributed by atoms with Gasteiger partial charge in [-0.2, -0.15) is 0 Å². The van der Waals surface area contributed by atoms with E-state index < -0.39 is 0 Å². The van der Waals surface area contributed by atoms with Gasteiger partial charge in [-0.3, -0.25) is 4.79 Å². The molecule has 1 amide bonds. The van der Waals surface area contributed by atoms with Crippen molar-refractivity contribution in [3.05, 3.63) is 29.3 Å². The monoisotopic (exact) mass is 352 g/mol. The molecule has 23 heavy (non-hydrogen) atoms. The lowest BCUT2D eigenvalue weighted by Gasteiger charge is -2.07. The molecule has 0 spiro atoms. The van der Waals surface area contributed by atoms with Crippen molar-refractivity contribution in [1.29, 1.82) is 0 Å². The van der Waals surface area contributed by atoms with Gasteiger partial charge in [0.2, 0.25) is 5.91 Å². The summed E-state index contributed by atoms with van der Waals surface area (Å²) >= 11 is 7.57. The van der Waals surface area contributed by atoms with Crippen LogP contribution >= 0.6 is 23.4 Å². The molecule has 0 aliphatic carbocycles. The molecule has 2 rings (SSSR count). The molecule has 0 saturated heterocycles. The fourth-order valence-corrected chi connectivity index (χ4v) is 2.96. The third kappa shape index (κ3) is 4.97. The lowest BCUT2D eigenvalue weighted by atomic mass is 10.1. The summed E-state index contributed by atoms with van der Waals surface area (Å²) in [6.07, 6.45) is 0.983. The number of thioether (sulfide) groups is 1. The normalized spacial score (nSPS) is 11.0. The van der Waals surface area contributed by atoms with Crippen molar-refractivity contribution in [2.45, 2.75) is 25.4 Å². The number of rotatable bonds is 7. The van der Waals surface area contributed by atoms with Gasteiger partial charge in [0.15, 0.2) is 11.0 Å². The molecule has 1 aromatic carbocycles. The Hall–Kier alpha value is -1.53. The standard InChI is InChI=1S/C16H21ClN4OS/c1-11(2)8-9-18-14(22)10-23-16-20-19-15(21(16)3)12-6-4-5-7-13(12)17/h4-7,11H,8-10H2,1-3H3,(H,18,22). The molecule has 0 radical (unpaired) electrons. The van der Waals surface area contributed by atoms with Gasteiger partial charge in [-0.25, -0.2) is 0 Å². The molecule has 2 aromatic rings. The molecule has 0 aliphatic rings. The molecule has 124 valence electrons. The number of nitrogens with zero attached hydrogens (tertiary/aromatic N) is 3. The van der Waals surface area contributed by atoms with Crippen molar-refractivity contribution in [3.63, 3.8) is 0 Å². The summed E-state index contributed by atoms with van der Waals surface area (Å²) in [7, 11) is 1.87. The van der Waals surface area contributed by atoms with Crippen LogP contribution in [0.25, 0.3) is 11.4 Å². The Morgan fingerprint density at radius 3 is 2.78 bits per heavy atom. The molecular weight excluding hydrogens is 332 g/mol. The minimum atomic E-state index is 0.0120. The Morgan fingerprint density at radius 1 is 1.35 bits per heavy atom. The van der Waals surface area contributed by atoms with Crippen molar-refractivity contribution >= 4 is 29.3 Å². The first-order valence-electron chi connectivity index (χ1n) is 7.52. The number of halogens is 1. The Morgan fingerprint density at radius 2 is 2.09 bits per heavy atom. The molecule has 0 saturated carbocycles. The third-order valence-corrected chi connectivity index (χ3v) is 4.68. The average molecular weight is 353 g/mol. The molecule has 0 unspecified atom stereocenters. The van der Waals surface area contributed by atoms with E-state index in [1.54, 1.807) is 0 Å². The topological polar surface area (TPSA) is 59.8 Å². The summed E-state index contributed by atoms with van der Waals surface area (Å²) in [5, 5.41) is 12.6. The zero-order chi connectivity index (χ0) is 16.8. The lowest BCUT2D eigenvalue weighted by molar-refractivity contribution is -0.118.